The molecule has 1 aliphatic rings. The lowest BCUT2D eigenvalue weighted by Crippen LogP contribution is -2.51. The summed E-state index contributed by atoms with van der Waals surface area (Å²) in [5, 5.41) is 9.73. The van der Waals surface area contributed by atoms with Crippen LogP contribution in [0.3, 0.4) is 0 Å². The maximum atomic E-state index is 13.4. The summed E-state index contributed by atoms with van der Waals surface area (Å²) in [6.45, 7) is 6.39. The van der Waals surface area contributed by atoms with E-state index in [1.165, 1.54) is 12.1 Å². The van der Waals surface area contributed by atoms with E-state index >= 15 is 0 Å². The van der Waals surface area contributed by atoms with Gasteiger partial charge in [-0.05, 0) is 50.8 Å². The van der Waals surface area contributed by atoms with Crippen molar-refractivity contribution in [3.8, 4) is 6.07 Å². The zero-order valence-electron chi connectivity index (χ0n) is 14.5. The molecule has 1 aromatic rings. The molecule has 1 aliphatic heterocycles. The number of carbonyl (C=O) groups excluding carboxylic acids is 1. The van der Waals surface area contributed by atoms with Crippen LogP contribution in [-0.2, 0) is 19.7 Å². The molecule has 0 aromatic heterocycles. The largest absolute Gasteiger partial charge is 0.465 e. The monoisotopic (exact) mass is 333 g/mol. The van der Waals surface area contributed by atoms with Crippen molar-refractivity contribution < 1.29 is 18.7 Å². The highest BCUT2D eigenvalue weighted by Gasteiger charge is 2.51. The van der Waals surface area contributed by atoms with Gasteiger partial charge in [-0.3, -0.25) is 4.79 Å². The zero-order chi connectivity index (χ0) is 17.8. The Bertz CT molecular complexity index is 624. The number of benzene rings is 1. The van der Waals surface area contributed by atoms with Crippen molar-refractivity contribution in [3.05, 3.63) is 35.6 Å². The first-order valence-electron chi connectivity index (χ1n) is 8.37. The Morgan fingerprint density at radius 3 is 2.62 bits per heavy atom. The Hall–Kier alpha value is -1.93. The molecule has 1 heterocycles. The van der Waals surface area contributed by atoms with Crippen LogP contribution in [0.2, 0.25) is 0 Å². The van der Waals surface area contributed by atoms with Gasteiger partial charge in [0, 0.05) is 12.0 Å². The van der Waals surface area contributed by atoms with Crippen LogP contribution >= 0.6 is 0 Å². The standard InChI is InChI=1S/C19H24FNO3/c1-4-18(3)13-19(10-11-24-18,14-6-8-15(20)9-7-14)16(12-21)17(22)23-5-2/h6-9,16H,4-5,10-11,13H2,1-3H3. The topological polar surface area (TPSA) is 59.3 Å². The number of nitriles is 1. The molecule has 0 aliphatic carbocycles. The normalized spacial score (nSPS) is 28.0. The van der Waals surface area contributed by atoms with Crippen LogP contribution in [0.4, 0.5) is 4.39 Å². The molecule has 1 fully saturated rings. The van der Waals surface area contributed by atoms with Gasteiger partial charge in [-0.25, -0.2) is 4.39 Å². The van der Waals surface area contributed by atoms with E-state index in [1.807, 2.05) is 13.8 Å². The van der Waals surface area contributed by atoms with Gasteiger partial charge in [0.05, 0.1) is 18.3 Å². The molecule has 0 bridgehead atoms. The average Bonchev–Trinajstić information content (AvgIpc) is 2.56. The third kappa shape index (κ3) is 3.44. The van der Waals surface area contributed by atoms with Gasteiger partial charge < -0.3 is 9.47 Å². The summed E-state index contributed by atoms with van der Waals surface area (Å²) in [6.07, 6.45) is 1.79. The fourth-order valence-corrected chi connectivity index (χ4v) is 3.58. The predicted octanol–water partition coefficient (Wildman–Crippen LogP) is 3.75. The molecule has 130 valence electrons. The Balaban J connectivity index is 2.54. The maximum absolute atomic E-state index is 13.4. The van der Waals surface area contributed by atoms with Crippen molar-refractivity contribution in [2.75, 3.05) is 13.2 Å². The molecule has 0 N–H and O–H groups in total. The van der Waals surface area contributed by atoms with E-state index in [2.05, 4.69) is 6.07 Å². The third-order valence-corrected chi connectivity index (χ3v) is 5.06. The second-order valence-corrected chi connectivity index (χ2v) is 6.56. The van der Waals surface area contributed by atoms with Gasteiger partial charge in [-0.1, -0.05) is 19.1 Å². The van der Waals surface area contributed by atoms with Crippen molar-refractivity contribution in [3.63, 3.8) is 0 Å². The molecule has 4 nitrogen and oxygen atoms in total. The van der Waals surface area contributed by atoms with Crippen LogP contribution in [0.25, 0.3) is 0 Å². The quantitative estimate of drug-likeness (QED) is 0.770. The number of nitrogens with zero attached hydrogens (tertiary/aromatic N) is 1. The minimum absolute atomic E-state index is 0.220. The lowest BCUT2D eigenvalue weighted by molar-refractivity contribution is -0.154. The Morgan fingerprint density at radius 1 is 1.42 bits per heavy atom. The molecule has 5 heteroatoms. The first kappa shape index (κ1) is 18.4. The molecule has 0 amide bonds. The van der Waals surface area contributed by atoms with Gasteiger partial charge in [0.1, 0.15) is 5.82 Å². The molecule has 0 saturated carbocycles. The molecule has 3 atom stereocenters. The Labute approximate surface area is 142 Å². The Kier molecular flexibility index (Phi) is 5.61. The van der Waals surface area contributed by atoms with E-state index < -0.39 is 22.9 Å². The molecule has 24 heavy (non-hydrogen) atoms. The van der Waals surface area contributed by atoms with Crippen molar-refractivity contribution in [2.24, 2.45) is 5.92 Å². The first-order chi connectivity index (χ1) is 11.4. The minimum atomic E-state index is -0.947. The maximum Gasteiger partial charge on any atom is 0.324 e. The average molecular weight is 333 g/mol. The SMILES string of the molecule is CCOC(=O)C(C#N)C1(c2ccc(F)cc2)CCOC(C)(CC)C1. The van der Waals surface area contributed by atoms with E-state index in [0.717, 1.165) is 12.0 Å². The van der Waals surface area contributed by atoms with Crippen molar-refractivity contribution in [1.82, 2.24) is 0 Å². The van der Waals surface area contributed by atoms with Gasteiger partial charge in [0.25, 0.3) is 0 Å². The summed E-state index contributed by atoms with van der Waals surface area (Å²) in [4.78, 5) is 12.5. The van der Waals surface area contributed by atoms with Gasteiger partial charge in [-0.15, -0.1) is 0 Å². The van der Waals surface area contributed by atoms with Crippen LogP contribution in [0, 0.1) is 23.1 Å². The van der Waals surface area contributed by atoms with E-state index in [9.17, 15) is 14.4 Å². The second kappa shape index (κ2) is 7.31. The first-order valence-corrected chi connectivity index (χ1v) is 8.37. The summed E-state index contributed by atoms with van der Waals surface area (Å²) < 4.78 is 24.4. The van der Waals surface area contributed by atoms with Gasteiger partial charge in [0.2, 0.25) is 0 Å². The number of rotatable bonds is 5. The zero-order valence-corrected chi connectivity index (χ0v) is 14.5. The number of esters is 1. The molecule has 1 aromatic carbocycles. The lowest BCUT2D eigenvalue weighted by atomic mass is 9.61. The van der Waals surface area contributed by atoms with Crippen LogP contribution in [-0.4, -0.2) is 24.8 Å². The number of ether oxygens (including phenoxy) is 2. The molecule has 3 unspecified atom stereocenters. The minimum Gasteiger partial charge on any atom is -0.465 e. The molecule has 0 spiro atoms. The molecule has 1 saturated heterocycles. The summed E-state index contributed by atoms with van der Waals surface area (Å²) in [5.41, 5.74) is -0.391. The predicted molar refractivity (Wildman–Crippen MR) is 87.7 cm³/mol. The van der Waals surface area contributed by atoms with E-state index in [0.29, 0.717) is 19.4 Å². The second-order valence-electron chi connectivity index (χ2n) is 6.56. The van der Waals surface area contributed by atoms with E-state index in [-0.39, 0.29) is 12.4 Å². The third-order valence-electron chi connectivity index (χ3n) is 5.06. The van der Waals surface area contributed by atoms with Crippen molar-refractivity contribution in [2.45, 2.75) is 51.0 Å². The fourth-order valence-electron chi connectivity index (χ4n) is 3.58. The van der Waals surface area contributed by atoms with Crippen LogP contribution in [0.15, 0.2) is 24.3 Å². The van der Waals surface area contributed by atoms with Crippen LogP contribution < -0.4 is 0 Å². The van der Waals surface area contributed by atoms with Crippen LogP contribution in [0.1, 0.15) is 45.6 Å². The smallest absolute Gasteiger partial charge is 0.324 e. The number of carbonyl (C=O) groups is 1. The number of hydrogen-bond donors (Lipinski definition) is 0. The van der Waals surface area contributed by atoms with Crippen LogP contribution in [0.5, 0.6) is 0 Å². The van der Waals surface area contributed by atoms with E-state index in [4.69, 9.17) is 9.47 Å². The highest BCUT2D eigenvalue weighted by atomic mass is 19.1. The highest BCUT2D eigenvalue weighted by molar-refractivity contribution is 5.77. The van der Waals surface area contributed by atoms with Crippen molar-refractivity contribution >= 4 is 5.97 Å². The lowest BCUT2D eigenvalue weighted by Gasteiger charge is -2.47. The molecular weight excluding hydrogens is 309 g/mol. The molecule has 0 radical (unpaired) electrons. The van der Waals surface area contributed by atoms with Gasteiger partial charge in [0.15, 0.2) is 5.92 Å². The number of halogens is 1. The summed E-state index contributed by atoms with van der Waals surface area (Å²) in [5.74, 6) is -1.81. The number of hydrogen-bond acceptors (Lipinski definition) is 4. The summed E-state index contributed by atoms with van der Waals surface area (Å²) in [7, 11) is 0. The van der Waals surface area contributed by atoms with Gasteiger partial charge in [-0.2, -0.15) is 5.26 Å². The van der Waals surface area contributed by atoms with E-state index in [1.54, 1.807) is 19.1 Å². The summed E-state index contributed by atoms with van der Waals surface area (Å²) in [6, 6.07) is 8.22. The fraction of sp³-hybridized carbons (Fsp3) is 0.579. The molecular formula is C19H24FNO3. The summed E-state index contributed by atoms with van der Waals surface area (Å²) >= 11 is 0. The Morgan fingerprint density at radius 2 is 2.08 bits per heavy atom. The van der Waals surface area contributed by atoms with Crippen molar-refractivity contribution in [1.29, 1.82) is 5.26 Å². The molecule has 2 rings (SSSR count). The van der Waals surface area contributed by atoms with Gasteiger partial charge >= 0.3 is 5.97 Å². The highest BCUT2D eigenvalue weighted by Crippen LogP contribution is 2.48.